The second kappa shape index (κ2) is 8.88. The number of hydrogen-bond donors (Lipinski definition) is 0. The molecule has 26 heavy (non-hydrogen) atoms. The standard InChI is InChI=1S/C17H19F4NO4/c1-10-8-22(9-11(2)24-10)15(23)6-4-12-3-5-13(25-16(18)19)7-14(12)26-17(20)21/h3-7,10-11,16-17H,8-9H2,1-2H3. The Morgan fingerprint density at radius 2 is 1.77 bits per heavy atom. The first-order chi connectivity index (χ1) is 12.2. The normalized spacial score (nSPS) is 20.8. The predicted octanol–water partition coefficient (Wildman–Crippen LogP) is 3.54. The smallest absolute Gasteiger partial charge is 0.387 e. The number of alkyl halides is 4. The number of hydrogen-bond acceptors (Lipinski definition) is 4. The molecule has 5 nitrogen and oxygen atoms in total. The van der Waals surface area contributed by atoms with Crippen LogP contribution in [0.2, 0.25) is 0 Å². The van der Waals surface area contributed by atoms with Gasteiger partial charge in [-0.05, 0) is 32.1 Å². The summed E-state index contributed by atoms with van der Waals surface area (Å²) in [7, 11) is 0. The van der Waals surface area contributed by atoms with Gasteiger partial charge in [0.25, 0.3) is 0 Å². The number of halogens is 4. The zero-order valence-electron chi connectivity index (χ0n) is 14.2. The van der Waals surface area contributed by atoms with Crippen LogP contribution < -0.4 is 9.47 Å². The van der Waals surface area contributed by atoms with Gasteiger partial charge in [-0.15, -0.1) is 0 Å². The molecule has 0 N–H and O–H groups in total. The Kier molecular flexibility index (Phi) is 6.84. The Bertz CT molecular complexity index is 644. The maximum atomic E-state index is 12.5. The van der Waals surface area contributed by atoms with Crippen LogP contribution >= 0.6 is 0 Å². The highest BCUT2D eigenvalue weighted by Gasteiger charge is 2.24. The van der Waals surface area contributed by atoms with Gasteiger partial charge in [-0.3, -0.25) is 4.79 Å². The van der Waals surface area contributed by atoms with E-state index in [9.17, 15) is 22.4 Å². The van der Waals surface area contributed by atoms with E-state index in [1.54, 1.807) is 4.90 Å². The summed E-state index contributed by atoms with van der Waals surface area (Å²) in [5.41, 5.74) is 0.134. The van der Waals surface area contributed by atoms with Crippen molar-refractivity contribution < 1.29 is 36.6 Å². The van der Waals surface area contributed by atoms with Gasteiger partial charge in [-0.1, -0.05) is 0 Å². The third-order valence-electron chi connectivity index (χ3n) is 3.56. The van der Waals surface area contributed by atoms with Crippen LogP contribution in [0, 0.1) is 0 Å². The molecule has 1 amide bonds. The van der Waals surface area contributed by atoms with Gasteiger partial charge in [0.1, 0.15) is 11.5 Å². The molecule has 0 aliphatic carbocycles. The Balaban J connectivity index is 2.15. The third-order valence-corrected chi connectivity index (χ3v) is 3.56. The second-order valence-electron chi connectivity index (χ2n) is 5.79. The second-order valence-corrected chi connectivity index (χ2v) is 5.79. The van der Waals surface area contributed by atoms with E-state index < -0.39 is 13.2 Å². The van der Waals surface area contributed by atoms with Gasteiger partial charge in [-0.25, -0.2) is 0 Å². The average Bonchev–Trinajstić information content (AvgIpc) is 2.51. The molecule has 9 heteroatoms. The largest absolute Gasteiger partial charge is 0.435 e. The van der Waals surface area contributed by atoms with Crippen molar-refractivity contribution >= 4 is 12.0 Å². The molecule has 1 aliphatic heterocycles. The topological polar surface area (TPSA) is 48.0 Å². The van der Waals surface area contributed by atoms with E-state index in [-0.39, 0.29) is 35.2 Å². The van der Waals surface area contributed by atoms with E-state index in [4.69, 9.17) is 4.74 Å². The first-order valence-corrected chi connectivity index (χ1v) is 7.90. The third kappa shape index (κ3) is 5.91. The van der Waals surface area contributed by atoms with E-state index in [1.165, 1.54) is 24.3 Å². The van der Waals surface area contributed by atoms with Crippen molar-refractivity contribution in [3.8, 4) is 11.5 Å². The van der Waals surface area contributed by atoms with Crippen molar-refractivity contribution in [2.45, 2.75) is 39.3 Å². The van der Waals surface area contributed by atoms with Crippen LogP contribution in [0.1, 0.15) is 19.4 Å². The molecule has 1 aliphatic rings. The van der Waals surface area contributed by atoms with Crippen molar-refractivity contribution in [3.05, 3.63) is 29.8 Å². The summed E-state index contributed by atoms with van der Waals surface area (Å²) in [5, 5.41) is 0. The Morgan fingerprint density at radius 3 is 2.35 bits per heavy atom. The van der Waals surface area contributed by atoms with Gasteiger partial charge in [0.15, 0.2) is 0 Å². The highest BCUT2D eigenvalue weighted by molar-refractivity contribution is 5.92. The summed E-state index contributed by atoms with van der Waals surface area (Å²) < 4.78 is 63.6. The fourth-order valence-electron chi connectivity index (χ4n) is 2.65. The number of nitrogens with zero attached hydrogens (tertiary/aromatic N) is 1. The van der Waals surface area contributed by atoms with Crippen molar-refractivity contribution in [2.24, 2.45) is 0 Å². The van der Waals surface area contributed by atoms with Crippen LogP contribution in [0.15, 0.2) is 24.3 Å². The van der Waals surface area contributed by atoms with Gasteiger partial charge in [-0.2, -0.15) is 17.6 Å². The van der Waals surface area contributed by atoms with Gasteiger partial charge in [0.05, 0.1) is 12.2 Å². The van der Waals surface area contributed by atoms with Crippen molar-refractivity contribution in [1.29, 1.82) is 0 Å². The minimum atomic E-state index is -3.15. The Hall–Kier alpha value is -2.29. The predicted molar refractivity (Wildman–Crippen MR) is 85.3 cm³/mol. The molecule has 0 aromatic heterocycles. The van der Waals surface area contributed by atoms with Crippen LogP contribution in [0.4, 0.5) is 17.6 Å². The summed E-state index contributed by atoms with van der Waals surface area (Å²) in [5.74, 6) is -1.01. The molecule has 0 saturated carbocycles. The lowest BCUT2D eigenvalue weighted by Gasteiger charge is -2.34. The fourth-order valence-corrected chi connectivity index (χ4v) is 2.65. The minimum Gasteiger partial charge on any atom is -0.435 e. The number of morpholine rings is 1. The SMILES string of the molecule is CC1CN(C(=O)C=Cc2ccc(OC(F)F)cc2OC(F)F)CC(C)O1. The summed E-state index contributed by atoms with van der Waals surface area (Å²) in [4.78, 5) is 13.9. The van der Waals surface area contributed by atoms with E-state index in [2.05, 4.69) is 9.47 Å². The van der Waals surface area contributed by atoms with Crippen molar-refractivity contribution in [2.75, 3.05) is 13.1 Å². The zero-order chi connectivity index (χ0) is 19.3. The van der Waals surface area contributed by atoms with Crippen LogP contribution in [0.25, 0.3) is 6.08 Å². The Labute approximate surface area is 148 Å². The maximum absolute atomic E-state index is 12.5. The van der Waals surface area contributed by atoms with Gasteiger partial charge >= 0.3 is 13.2 Å². The molecule has 0 radical (unpaired) electrons. The molecule has 0 spiro atoms. The molecule has 2 unspecified atom stereocenters. The van der Waals surface area contributed by atoms with Crippen LogP contribution in [-0.2, 0) is 9.53 Å². The van der Waals surface area contributed by atoms with E-state index in [0.717, 1.165) is 6.07 Å². The first-order valence-electron chi connectivity index (χ1n) is 7.90. The molecular weight excluding hydrogens is 358 g/mol. The minimum absolute atomic E-state index is 0.111. The molecule has 1 fully saturated rings. The van der Waals surface area contributed by atoms with Crippen molar-refractivity contribution in [1.82, 2.24) is 4.90 Å². The number of carbonyl (C=O) groups excluding carboxylic acids is 1. The number of rotatable bonds is 6. The highest BCUT2D eigenvalue weighted by Crippen LogP contribution is 2.28. The van der Waals surface area contributed by atoms with Crippen LogP contribution in [0.3, 0.4) is 0 Å². The molecule has 2 atom stereocenters. The number of benzene rings is 1. The highest BCUT2D eigenvalue weighted by atomic mass is 19.3. The number of amides is 1. The average molecular weight is 377 g/mol. The quantitative estimate of drug-likeness (QED) is 0.562. The molecule has 1 heterocycles. The first kappa shape index (κ1) is 20.0. The summed E-state index contributed by atoms with van der Waals surface area (Å²) in [6.07, 6.45) is 2.28. The maximum Gasteiger partial charge on any atom is 0.387 e. The summed E-state index contributed by atoms with van der Waals surface area (Å²) in [6.45, 7) is -1.74. The molecule has 144 valence electrons. The molecule has 2 rings (SSSR count). The van der Waals surface area contributed by atoms with E-state index in [1.807, 2.05) is 13.8 Å². The zero-order valence-corrected chi connectivity index (χ0v) is 14.2. The number of carbonyl (C=O) groups is 1. The lowest BCUT2D eigenvalue weighted by Crippen LogP contribution is -2.47. The lowest BCUT2D eigenvalue weighted by molar-refractivity contribution is -0.137. The molecule has 1 aromatic carbocycles. The number of ether oxygens (including phenoxy) is 3. The monoisotopic (exact) mass is 377 g/mol. The van der Waals surface area contributed by atoms with Gasteiger partial charge in [0, 0.05) is 30.8 Å². The fraction of sp³-hybridized carbons (Fsp3) is 0.471. The van der Waals surface area contributed by atoms with Gasteiger partial charge < -0.3 is 19.1 Å². The Morgan fingerprint density at radius 1 is 1.15 bits per heavy atom. The molecule has 1 aromatic rings. The lowest BCUT2D eigenvalue weighted by atomic mass is 10.1. The van der Waals surface area contributed by atoms with E-state index in [0.29, 0.717) is 13.1 Å². The molecular formula is C17H19F4NO4. The van der Waals surface area contributed by atoms with Crippen molar-refractivity contribution in [3.63, 3.8) is 0 Å². The van der Waals surface area contributed by atoms with Crippen LogP contribution in [0.5, 0.6) is 11.5 Å². The summed E-state index contributed by atoms with van der Waals surface area (Å²) in [6, 6.07) is 3.35. The molecule has 1 saturated heterocycles. The summed E-state index contributed by atoms with van der Waals surface area (Å²) >= 11 is 0. The van der Waals surface area contributed by atoms with Gasteiger partial charge in [0.2, 0.25) is 5.91 Å². The van der Waals surface area contributed by atoms with E-state index >= 15 is 0 Å². The van der Waals surface area contributed by atoms with Crippen LogP contribution in [-0.4, -0.2) is 49.3 Å². The molecule has 0 bridgehead atoms.